The number of carbonyl (C=O) groups is 2. The number of alkyl halides is 1. The molecule has 26 heavy (non-hydrogen) atoms. The number of hydrogen-bond acceptors (Lipinski definition) is 4. The fraction of sp³-hybridized carbons (Fsp3) is 0.467. The second kappa shape index (κ2) is 6.49. The van der Waals surface area contributed by atoms with E-state index in [1.165, 1.54) is 11.8 Å². The van der Waals surface area contributed by atoms with Crippen LogP contribution in [0.2, 0.25) is 10.0 Å². The number of rotatable bonds is 6. The highest BCUT2D eigenvalue weighted by Crippen LogP contribution is 2.70. The molecule has 2 N–H and O–H groups in total. The van der Waals surface area contributed by atoms with Gasteiger partial charge in [-0.3, -0.25) is 4.79 Å². The zero-order valence-electron chi connectivity index (χ0n) is 13.0. The minimum Gasteiger partial charge on any atom is -0.481 e. The van der Waals surface area contributed by atoms with Gasteiger partial charge in [-0.15, -0.1) is 0 Å². The van der Waals surface area contributed by atoms with Gasteiger partial charge in [-0.25, -0.2) is 9.18 Å². The molecule has 0 radical (unpaired) electrons. The van der Waals surface area contributed by atoms with E-state index < -0.39 is 40.2 Å². The van der Waals surface area contributed by atoms with Gasteiger partial charge >= 0.3 is 11.9 Å². The average molecular weight is 420 g/mol. The van der Waals surface area contributed by atoms with Crippen molar-refractivity contribution in [2.75, 3.05) is 0 Å². The lowest BCUT2D eigenvalue weighted by atomic mass is 9.90. The molecule has 3 rings (SSSR count). The maximum Gasteiger partial charge on any atom is 0.342 e. The zero-order chi connectivity index (χ0) is 19.3. The number of fused-ring (bicyclic) bond motifs is 1. The number of nitrogens with zero attached hydrogens (tertiary/aromatic N) is 3. The first-order valence-corrected chi connectivity index (χ1v) is 9.27. The third kappa shape index (κ3) is 2.62. The molecule has 0 spiro atoms. The van der Waals surface area contributed by atoms with Crippen molar-refractivity contribution in [3.05, 3.63) is 44.3 Å². The van der Waals surface area contributed by atoms with Crippen LogP contribution in [0.3, 0.4) is 0 Å². The van der Waals surface area contributed by atoms with Crippen molar-refractivity contribution in [1.82, 2.24) is 0 Å². The molecule has 0 bridgehead atoms. The minimum atomic E-state index is -2.67. The van der Waals surface area contributed by atoms with Gasteiger partial charge < -0.3 is 10.2 Å². The molecule has 2 saturated carbocycles. The molecule has 1 aromatic rings. The van der Waals surface area contributed by atoms with Crippen LogP contribution in [0.25, 0.3) is 10.4 Å². The van der Waals surface area contributed by atoms with Crippen molar-refractivity contribution < 1.29 is 24.2 Å². The van der Waals surface area contributed by atoms with E-state index in [1.54, 1.807) is 18.2 Å². The molecule has 2 aliphatic rings. The molecule has 0 amide bonds. The fourth-order valence-electron chi connectivity index (χ4n) is 3.80. The first-order valence-electron chi connectivity index (χ1n) is 7.47. The molecular formula is C15H12Cl2FN3O4S. The van der Waals surface area contributed by atoms with Crippen LogP contribution < -0.4 is 0 Å². The Morgan fingerprint density at radius 1 is 1.35 bits per heavy atom. The summed E-state index contributed by atoms with van der Waals surface area (Å²) in [6.07, 6.45) is -0.00915. The van der Waals surface area contributed by atoms with E-state index in [9.17, 15) is 19.1 Å². The summed E-state index contributed by atoms with van der Waals surface area (Å²) in [6.45, 7) is 0. The van der Waals surface area contributed by atoms with Crippen LogP contribution >= 0.6 is 35.0 Å². The number of thioether (sulfide) groups is 1. The molecule has 5 atom stereocenters. The van der Waals surface area contributed by atoms with E-state index in [4.69, 9.17) is 33.8 Å². The molecule has 7 nitrogen and oxygen atoms in total. The third-order valence-corrected chi connectivity index (χ3v) is 7.23. The zero-order valence-corrected chi connectivity index (χ0v) is 15.3. The molecule has 2 fully saturated rings. The van der Waals surface area contributed by atoms with Crippen LogP contribution in [-0.4, -0.2) is 38.6 Å². The standard InChI is InChI=1S/C15H12Cl2FN3O4S/c16-8-2-1-6(3-9(8)17)5-26-10-4-7-11(14(7,18)12(22)23)15(10,13(24)25)20-21-19/h1-3,7,10-11H,4-5H2,(H,22,23)(H,24,25)/t7-,10-,11+,14-,15+/m1/s1. The Labute approximate surface area is 161 Å². The van der Waals surface area contributed by atoms with Gasteiger partial charge in [0.25, 0.3) is 0 Å². The molecule has 1 aromatic carbocycles. The Morgan fingerprint density at radius 2 is 2.04 bits per heavy atom. The lowest BCUT2D eigenvalue weighted by molar-refractivity contribution is -0.149. The van der Waals surface area contributed by atoms with E-state index in [-0.39, 0.29) is 6.42 Å². The molecular weight excluding hydrogens is 408 g/mol. The number of carboxylic acids is 2. The topological polar surface area (TPSA) is 123 Å². The number of azide groups is 1. The maximum absolute atomic E-state index is 14.7. The molecule has 0 aromatic heterocycles. The van der Waals surface area contributed by atoms with Crippen molar-refractivity contribution in [1.29, 1.82) is 0 Å². The summed E-state index contributed by atoms with van der Waals surface area (Å²) in [4.78, 5) is 25.7. The highest BCUT2D eigenvalue weighted by atomic mass is 35.5. The van der Waals surface area contributed by atoms with Crippen molar-refractivity contribution in [2.45, 2.75) is 28.6 Å². The van der Waals surface area contributed by atoms with Crippen LogP contribution in [0.1, 0.15) is 12.0 Å². The summed E-state index contributed by atoms with van der Waals surface area (Å²) in [5.74, 6) is -5.29. The molecule has 0 heterocycles. The van der Waals surface area contributed by atoms with Crippen LogP contribution in [0, 0.1) is 11.8 Å². The Morgan fingerprint density at radius 3 is 2.58 bits per heavy atom. The number of benzene rings is 1. The molecule has 0 unspecified atom stereocenters. The summed E-state index contributed by atoms with van der Waals surface area (Å²) in [5.41, 5.74) is 4.78. The van der Waals surface area contributed by atoms with Gasteiger partial charge in [-0.2, -0.15) is 11.8 Å². The normalized spacial score (nSPS) is 34.7. The molecule has 2 aliphatic carbocycles. The van der Waals surface area contributed by atoms with E-state index in [0.29, 0.717) is 15.8 Å². The van der Waals surface area contributed by atoms with Crippen LogP contribution in [0.15, 0.2) is 23.3 Å². The quantitative estimate of drug-likeness (QED) is 0.406. The predicted molar refractivity (Wildman–Crippen MR) is 94.1 cm³/mol. The maximum atomic E-state index is 14.7. The van der Waals surface area contributed by atoms with Gasteiger partial charge in [0.2, 0.25) is 5.67 Å². The highest BCUT2D eigenvalue weighted by Gasteiger charge is 2.85. The fourth-order valence-corrected chi connectivity index (χ4v) is 5.58. The number of aliphatic carboxylic acids is 2. The van der Waals surface area contributed by atoms with Gasteiger partial charge in [0.1, 0.15) is 0 Å². The second-order valence-corrected chi connectivity index (χ2v) is 8.27. The lowest BCUT2D eigenvalue weighted by Gasteiger charge is -2.30. The van der Waals surface area contributed by atoms with Gasteiger partial charge in [0, 0.05) is 27.8 Å². The van der Waals surface area contributed by atoms with E-state index >= 15 is 0 Å². The van der Waals surface area contributed by atoms with Crippen molar-refractivity contribution in [3.63, 3.8) is 0 Å². The largest absolute Gasteiger partial charge is 0.481 e. The first kappa shape index (κ1) is 19.1. The summed E-state index contributed by atoms with van der Waals surface area (Å²) in [5, 5.41) is 22.1. The van der Waals surface area contributed by atoms with Crippen molar-refractivity contribution in [2.24, 2.45) is 17.0 Å². The van der Waals surface area contributed by atoms with Crippen LogP contribution in [-0.2, 0) is 15.3 Å². The second-order valence-electron chi connectivity index (χ2n) is 6.26. The van der Waals surface area contributed by atoms with Gasteiger partial charge in [0.15, 0.2) is 5.54 Å². The summed E-state index contributed by atoms with van der Waals surface area (Å²) < 4.78 is 14.7. The monoisotopic (exact) mass is 419 g/mol. The van der Waals surface area contributed by atoms with E-state index in [2.05, 4.69) is 10.0 Å². The van der Waals surface area contributed by atoms with Crippen molar-refractivity contribution >= 4 is 46.9 Å². The Balaban J connectivity index is 1.87. The lowest BCUT2D eigenvalue weighted by Crippen LogP contribution is -2.49. The van der Waals surface area contributed by atoms with Crippen molar-refractivity contribution in [3.8, 4) is 0 Å². The third-order valence-electron chi connectivity index (χ3n) is 5.03. The summed E-state index contributed by atoms with van der Waals surface area (Å²) in [7, 11) is 0. The first-order chi connectivity index (χ1) is 12.2. The van der Waals surface area contributed by atoms with E-state index in [0.717, 1.165) is 5.56 Å². The van der Waals surface area contributed by atoms with Crippen LogP contribution in [0.4, 0.5) is 4.39 Å². The van der Waals surface area contributed by atoms with E-state index in [1.807, 2.05) is 0 Å². The van der Waals surface area contributed by atoms with Crippen LogP contribution in [0.5, 0.6) is 0 Å². The highest BCUT2D eigenvalue weighted by molar-refractivity contribution is 7.99. The molecule has 138 valence electrons. The number of halogens is 3. The SMILES string of the molecule is [N-]=[N+]=N[C@@]1(C(=O)O)[C@H](SCc2ccc(Cl)c(Cl)c2)C[C@@H]2[C@H]1[C@@]2(F)C(=O)O. The Hall–Kier alpha value is -1.67. The smallest absolute Gasteiger partial charge is 0.342 e. The Bertz CT molecular complexity index is 848. The minimum absolute atomic E-state index is 0.00915. The number of carboxylic acid groups (broad SMARTS) is 2. The average Bonchev–Trinajstić information content (AvgIpc) is 3.02. The summed E-state index contributed by atoms with van der Waals surface area (Å²) in [6, 6.07) is 4.93. The molecule has 0 saturated heterocycles. The van der Waals surface area contributed by atoms with Gasteiger partial charge in [-0.05, 0) is 29.6 Å². The summed E-state index contributed by atoms with van der Waals surface area (Å²) >= 11 is 13.0. The van der Waals surface area contributed by atoms with Gasteiger partial charge in [-0.1, -0.05) is 34.4 Å². The molecule has 11 heteroatoms. The van der Waals surface area contributed by atoms with Gasteiger partial charge in [0.05, 0.1) is 10.0 Å². The Kier molecular flexibility index (Phi) is 4.77. The molecule has 0 aliphatic heterocycles. The predicted octanol–water partition coefficient (Wildman–Crippen LogP) is 4.17. The number of hydrogen-bond donors (Lipinski definition) is 2.